The van der Waals surface area contributed by atoms with Gasteiger partial charge in [-0.3, -0.25) is 24.1 Å². The standard InChI is InChI=1S/C34H36N6O4/c1-19(2)17-23(32(42)39-15-13-37(3)14-16-39)35-25(41)18-40-24-12-8-6-10-21(24)27-29-28(33(43)38(4)34(29)44)26-20-9-5-7-11-22(20)36-30(26)31(27)40/h5-12,19,23,36H,13-18H2,1-4H3,(H,35,41). The Morgan fingerprint density at radius 1 is 0.864 bits per heavy atom. The van der Waals surface area contributed by atoms with E-state index >= 15 is 0 Å². The molecule has 1 fully saturated rings. The average molecular weight is 593 g/mol. The van der Waals surface area contributed by atoms with E-state index in [9.17, 15) is 19.2 Å². The maximum absolute atomic E-state index is 13.9. The summed E-state index contributed by atoms with van der Waals surface area (Å²) in [5.41, 5.74) is 3.75. The molecule has 2 aromatic heterocycles. The molecule has 1 unspecified atom stereocenters. The summed E-state index contributed by atoms with van der Waals surface area (Å²) in [5.74, 6) is -0.825. The van der Waals surface area contributed by atoms with Crippen LogP contribution in [-0.4, -0.2) is 94.2 Å². The van der Waals surface area contributed by atoms with Crippen molar-refractivity contribution in [2.45, 2.75) is 32.9 Å². The minimum absolute atomic E-state index is 0.0506. The van der Waals surface area contributed by atoms with Gasteiger partial charge in [0.2, 0.25) is 11.8 Å². The van der Waals surface area contributed by atoms with E-state index in [1.165, 1.54) is 11.9 Å². The van der Waals surface area contributed by atoms with Crippen LogP contribution in [0.15, 0.2) is 48.5 Å². The zero-order valence-corrected chi connectivity index (χ0v) is 25.4. The average Bonchev–Trinajstić information content (AvgIpc) is 3.61. The van der Waals surface area contributed by atoms with Crippen molar-refractivity contribution in [3.63, 3.8) is 0 Å². The van der Waals surface area contributed by atoms with Gasteiger partial charge in [0.25, 0.3) is 11.8 Å². The number of rotatable bonds is 6. The van der Waals surface area contributed by atoms with Crippen molar-refractivity contribution < 1.29 is 19.2 Å². The Kier molecular flexibility index (Phi) is 6.69. The van der Waals surface area contributed by atoms with Crippen LogP contribution in [-0.2, 0) is 16.1 Å². The first-order chi connectivity index (χ1) is 21.2. The van der Waals surface area contributed by atoms with E-state index < -0.39 is 6.04 Å². The zero-order valence-electron chi connectivity index (χ0n) is 25.4. The van der Waals surface area contributed by atoms with Gasteiger partial charge in [0.1, 0.15) is 12.6 Å². The number of nitrogens with zero attached hydrogens (tertiary/aromatic N) is 4. The number of carbonyl (C=O) groups is 4. The molecule has 2 aliphatic heterocycles. The molecule has 3 aromatic carbocycles. The van der Waals surface area contributed by atoms with Gasteiger partial charge >= 0.3 is 0 Å². The number of nitrogens with one attached hydrogen (secondary N) is 2. The fourth-order valence-corrected chi connectivity index (χ4v) is 6.99. The summed E-state index contributed by atoms with van der Waals surface area (Å²) in [4.78, 5) is 63.4. The third kappa shape index (κ3) is 4.27. The number of H-pyrrole nitrogens is 1. The lowest BCUT2D eigenvalue weighted by Gasteiger charge is -2.35. The zero-order chi connectivity index (χ0) is 30.9. The predicted molar refractivity (Wildman–Crippen MR) is 171 cm³/mol. The lowest BCUT2D eigenvalue weighted by Crippen LogP contribution is -2.54. The summed E-state index contributed by atoms with van der Waals surface area (Å²) >= 11 is 0. The van der Waals surface area contributed by atoms with E-state index in [1.54, 1.807) is 0 Å². The molecule has 10 heteroatoms. The van der Waals surface area contributed by atoms with E-state index in [0.29, 0.717) is 52.4 Å². The summed E-state index contributed by atoms with van der Waals surface area (Å²) in [6.45, 7) is 6.91. The summed E-state index contributed by atoms with van der Waals surface area (Å²) < 4.78 is 1.92. The largest absolute Gasteiger partial charge is 0.353 e. The quantitative estimate of drug-likeness (QED) is 0.290. The molecule has 2 N–H and O–H groups in total. The van der Waals surface area contributed by atoms with E-state index in [1.807, 2.05) is 78.9 Å². The van der Waals surface area contributed by atoms with E-state index in [2.05, 4.69) is 15.2 Å². The van der Waals surface area contributed by atoms with E-state index in [-0.39, 0.29) is 36.1 Å². The minimum atomic E-state index is -0.635. The molecule has 0 aliphatic carbocycles. The number of para-hydroxylation sites is 2. The van der Waals surface area contributed by atoms with Gasteiger partial charge in [-0.15, -0.1) is 0 Å². The highest BCUT2D eigenvalue weighted by molar-refractivity contribution is 6.39. The Morgan fingerprint density at radius 2 is 1.50 bits per heavy atom. The third-order valence-electron chi connectivity index (χ3n) is 9.16. The number of benzene rings is 3. The molecule has 44 heavy (non-hydrogen) atoms. The highest BCUT2D eigenvalue weighted by Gasteiger charge is 2.40. The van der Waals surface area contributed by atoms with Crippen molar-refractivity contribution in [3.05, 3.63) is 59.7 Å². The molecule has 4 amide bonds. The van der Waals surface area contributed by atoms with Crippen molar-refractivity contribution in [3.8, 4) is 0 Å². The number of carbonyl (C=O) groups excluding carboxylic acids is 4. The molecule has 2 aliphatic rings. The van der Waals surface area contributed by atoms with Crippen molar-refractivity contribution in [2.24, 2.45) is 5.92 Å². The maximum Gasteiger partial charge on any atom is 0.262 e. The number of aromatic nitrogens is 2. The van der Waals surface area contributed by atoms with Crippen LogP contribution in [0.2, 0.25) is 0 Å². The molecule has 4 heterocycles. The van der Waals surface area contributed by atoms with Gasteiger partial charge in [0.15, 0.2) is 0 Å². The number of hydrogen-bond donors (Lipinski definition) is 2. The fraction of sp³-hybridized carbons (Fsp3) is 0.353. The molecule has 1 saturated heterocycles. The molecule has 7 rings (SSSR count). The van der Waals surface area contributed by atoms with Gasteiger partial charge in [-0.1, -0.05) is 50.2 Å². The molecule has 0 saturated carbocycles. The smallest absolute Gasteiger partial charge is 0.262 e. The van der Waals surface area contributed by atoms with Crippen molar-refractivity contribution >= 4 is 67.2 Å². The summed E-state index contributed by atoms with van der Waals surface area (Å²) in [6.07, 6.45) is 0.535. The van der Waals surface area contributed by atoms with Gasteiger partial charge < -0.3 is 24.7 Å². The van der Waals surface area contributed by atoms with Crippen LogP contribution in [0.3, 0.4) is 0 Å². The van der Waals surface area contributed by atoms with Crippen molar-refractivity contribution in [1.29, 1.82) is 0 Å². The van der Waals surface area contributed by atoms with Crippen LogP contribution < -0.4 is 5.32 Å². The van der Waals surface area contributed by atoms with Gasteiger partial charge in [-0.2, -0.15) is 0 Å². The lowest BCUT2D eigenvalue weighted by atomic mass is 9.97. The van der Waals surface area contributed by atoms with Gasteiger partial charge in [0, 0.05) is 65.8 Å². The van der Waals surface area contributed by atoms with Crippen LogP contribution in [0, 0.1) is 5.92 Å². The topological polar surface area (TPSA) is 111 Å². The number of hydrogen-bond acceptors (Lipinski definition) is 5. The number of amides is 4. The second kappa shape index (κ2) is 10.5. The van der Waals surface area contributed by atoms with Gasteiger partial charge in [0.05, 0.1) is 22.2 Å². The number of fused-ring (bicyclic) bond motifs is 10. The monoisotopic (exact) mass is 592 g/mol. The molecule has 5 aromatic rings. The van der Waals surface area contributed by atoms with Crippen molar-refractivity contribution in [2.75, 3.05) is 40.3 Å². The molecule has 0 radical (unpaired) electrons. The summed E-state index contributed by atoms with van der Waals surface area (Å²) in [6, 6.07) is 14.7. The van der Waals surface area contributed by atoms with Crippen LogP contribution >= 0.6 is 0 Å². The SMILES string of the molecule is CC(C)CC(NC(=O)Cn1c2ccccc2c2c3c(c4c5ccccc5[nH]c4c21)C(=O)N(C)C3=O)C(=O)N1CCN(C)CC1. The molecule has 0 bridgehead atoms. The highest BCUT2D eigenvalue weighted by Crippen LogP contribution is 2.44. The number of piperazine rings is 1. The normalized spacial score (nSPS) is 16.7. The number of aromatic amines is 1. The van der Waals surface area contributed by atoms with Gasteiger partial charge in [-0.05, 0) is 31.5 Å². The van der Waals surface area contributed by atoms with E-state index in [0.717, 1.165) is 34.9 Å². The lowest BCUT2D eigenvalue weighted by molar-refractivity contribution is -0.138. The first-order valence-corrected chi connectivity index (χ1v) is 15.2. The van der Waals surface area contributed by atoms with Crippen LogP contribution in [0.5, 0.6) is 0 Å². The highest BCUT2D eigenvalue weighted by atomic mass is 16.2. The maximum atomic E-state index is 13.9. The fourth-order valence-electron chi connectivity index (χ4n) is 6.99. The molecular formula is C34H36N6O4. The molecule has 226 valence electrons. The summed E-state index contributed by atoms with van der Waals surface area (Å²) in [7, 11) is 3.55. The Labute approximate surface area is 254 Å². The molecular weight excluding hydrogens is 556 g/mol. The predicted octanol–water partition coefficient (Wildman–Crippen LogP) is 3.96. The van der Waals surface area contributed by atoms with Crippen LogP contribution in [0.1, 0.15) is 41.0 Å². The first-order valence-electron chi connectivity index (χ1n) is 15.2. The Morgan fingerprint density at radius 3 is 2.20 bits per heavy atom. The van der Waals surface area contributed by atoms with Gasteiger partial charge in [-0.25, -0.2) is 0 Å². The number of imide groups is 1. The molecule has 0 spiro atoms. The Bertz CT molecular complexity index is 2010. The van der Waals surface area contributed by atoms with Crippen LogP contribution in [0.25, 0.3) is 43.6 Å². The second-order valence-electron chi connectivity index (χ2n) is 12.5. The van der Waals surface area contributed by atoms with E-state index in [4.69, 9.17) is 0 Å². The second-order valence-corrected chi connectivity index (χ2v) is 12.5. The summed E-state index contributed by atoms with van der Waals surface area (Å²) in [5, 5.41) is 6.03. The van der Waals surface area contributed by atoms with Crippen molar-refractivity contribution in [1.82, 2.24) is 29.6 Å². The van der Waals surface area contributed by atoms with Crippen LogP contribution in [0.4, 0.5) is 0 Å². The Balaban J connectivity index is 1.38. The Hall–Kier alpha value is -4.70. The minimum Gasteiger partial charge on any atom is -0.353 e. The third-order valence-corrected chi connectivity index (χ3v) is 9.16. The first kappa shape index (κ1) is 28.1. The number of likely N-dealkylation sites (N-methyl/N-ethyl adjacent to an activating group) is 1. The molecule has 1 atom stereocenters. The molecule has 10 nitrogen and oxygen atoms in total.